The number of amides is 2. The van der Waals surface area contributed by atoms with Crippen molar-refractivity contribution in [2.75, 3.05) is 23.4 Å². The third-order valence-electron chi connectivity index (χ3n) is 3.65. The van der Waals surface area contributed by atoms with E-state index in [0.717, 1.165) is 11.5 Å². The standard InChI is InChI=1S/C21H26N2O4/c1-5-26-19-10-6-17(7-11-19)22-21(25)14-23(16(4)24)18-8-12-20(13-9-18)27-15(2)3/h6-13,15H,5,14H2,1-4H3,(H,22,25). The lowest BCUT2D eigenvalue weighted by molar-refractivity contribution is -0.120. The molecule has 0 heterocycles. The summed E-state index contributed by atoms with van der Waals surface area (Å²) in [4.78, 5) is 25.8. The summed E-state index contributed by atoms with van der Waals surface area (Å²) in [7, 11) is 0. The van der Waals surface area contributed by atoms with Gasteiger partial charge in [-0.05, 0) is 69.3 Å². The molecule has 6 heteroatoms. The van der Waals surface area contributed by atoms with Crippen LogP contribution in [0.2, 0.25) is 0 Å². The van der Waals surface area contributed by atoms with Gasteiger partial charge in [-0.25, -0.2) is 0 Å². The maximum Gasteiger partial charge on any atom is 0.244 e. The van der Waals surface area contributed by atoms with Gasteiger partial charge in [0, 0.05) is 18.3 Å². The van der Waals surface area contributed by atoms with Crippen molar-refractivity contribution in [2.24, 2.45) is 0 Å². The zero-order chi connectivity index (χ0) is 19.8. The van der Waals surface area contributed by atoms with Crippen LogP contribution in [0.5, 0.6) is 11.5 Å². The van der Waals surface area contributed by atoms with Crippen LogP contribution in [-0.4, -0.2) is 31.1 Å². The molecule has 1 N–H and O–H groups in total. The van der Waals surface area contributed by atoms with Crippen LogP contribution < -0.4 is 19.7 Å². The Labute approximate surface area is 160 Å². The Morgan fingerprint density at radius 2 is 1.59 bits per heavy atom. The second-order valence-electron chi connectivity index (χ2n) is 6.27. The smallest absolute Gasteiger partial charge is 0.244 e. The molecule has 0 fully saturated rings. The van der Waals surface area contributed by atoms with E-state index in [4.69, 9.17) is 9.47 Å². The molecule has 2 amide bonds. The van der Waals surface area contributed by atoms with E-state index >= 15 is 0 Å². The van der Waals surface area contributed by atoms with Crippen molar-refractivity contribution < 1.29 is 19.1 Å². The number of nitrogens with one attached hydrogen (secondary N) is 1. The molecule has 0 atom stereocenters. The highest BCUT2D eigenvalue weighted by molar-refractivity contribution is 6.01. The van der Waals surface area contributed by atoms with Crippen LogP contribution in [0.25, 0.3) is 0 Å². The largest absolute Gasteiger partial charge is 0.494 e. The number of rotatable bonds is 8. The van der Waals surface area contributed by atoms with Crippen LogP contribution in [0, 0.1) is 0 Å². The number of carbonyl (C=O) groups excluding carboxylic acids is 2. The van der Waals surface area contributed by atoms with E-state index in [1.54, 1.807) is 48.5 Å². The number of hydrogen-bond donors (Lipinski definition) is 1. The third-order valence-corrected chi connectivity index (χ3v) is 3.65. The van der Waals surface area contributed by atoms with Crippen LogP contribution >= 0.6 is 0 Å². The molecular weight excluding hydrogens is 344 g/mol. The quantitative estimate of drug-likeness (QED) is 0.766. The zero-order valence-corrected chi connectivity index (χ0v) is 16.2. The summed E-state index contributed by atoms with van der Waals surface area (Å²) < 4.78 is 11.0. The molecule has 0 saturated heterocycles. The second kappa shape index (κ2) is 9.62. The number of ether oxygens (including phenoxy) is 2. The first-order valence-electron chi connectivity index (χ1n) is 8.96. The topological polar surface area (TPSA) is 67.9 Å². The Hall–Kier alpha value is -3.02. The fourth-order valence-corrected chi connectivity index (χ4v) is 2.51. The van der Waals surface area contributed by atoms with E-state index in [1.165, 1.54) is 11.8 Å². The minimum Gasteiger partial charge on any atom is -0.494 e. The van der Waals surface area contributed by atoms with Crippen molar-refractivity contribution in [1.82, 2.24) is 0 Å². The average Bonchev–Trinajstić information content (AvgIpc) is 2.62. The molecular formula is C21H26N2O4. The van der Waals surface area contributed by atoms with Crippen molar-refractivity contribution in [3.63, 3.8) is 0 Å². The minimum atomic E-state index is -0.281. The second-order valence-corrected chi connectivity index (χ2v) is 6.27. The van der Waals surface area contributed by atoms with Crippen molar-refractivity contribution in [3.8, 4) is 11.5 Å². The molecule has 0 saturated carbocycles. The van der Waals surface area contributed by atoms with E-state index in [9.17, 15) is 9.59 Å². The van der Waals surface area contributed by atoms with Crippen molar-refractivity contribution in [1.29, 1.82) is 0 Å². The molecule has 2 aromatic rings. The molecule has 0 aliphatic carbocycles. The van der Waals surface area contributed by atoms with Gasteiger partial charge in [-0.15, -0.1) is 0 Å². The van der Waals surface area contributed by atoms with Crippen molar-refractivity contribution in [2.45, 2.75) is 33.8 Å². The summed E-state index contributed by atoms with van der Waals surface area (Å²) in [6.07, 6.45) is 0.0691. The lowest BCUT2D eigenvalue weighted by Gasteiger charge is -2.21. The first-order valence-corrected chi connectivity index (χ1v) is 8.96. The molecule has 0 radical (unpaired) electrons. The summed E-state index contributed by atoms with van der Waals surface area (Å²) in [6.45, 7) is 7.74. The molecule has 27 heavy (non-hydrogen) atoms. The summed E-state index contributed by atoms with van der Waals surface area (Å²) in [5.74, 6) is 0.965. The van der Waals surface area contributed by atoms with Gasteiger partial charge in [0.05, 0.1) is 12.7 Å². The van der Waals surface area contributed by atoms with E-state index in [0.29, 0.717) is 18.0 Å². The Bertz CT molecular complexity index is 755. The summed E-state index contributed by atoms with van der Waals surface area (Å²) in [6, 6.07) is 14.2. The highest BCUT2D eigenvalue weighted by Crippen LogP contribution is 2.21. The number of nitrogens with zero attached hydrogens (tertiary/aromatic N) is 1. The Morgan fingerprint density at radius 3 is 2.11 bits per heavy atom. The van der Waals surface area contributed by atoms with Crippen LogP contribution in [0.15, 0.2) is 48.5 Å². The minimum absolute atomic E-state index is 0.0691. The van der Waals surface area contributed by atoms with E-state index in [-0.39, 0.29) is 24.5 Å². The lowest BCUT2D eigenvalue weighted by Crippen LogP contribution is -2.36. The molecule has 144 valence electrons. The highest BCUT2D eigenvalue weighted by Gasteiger charge is 2.16. The molecule has 0 spiro atoms. The van der Waals surface area contributed by atoms with Gasteiger partial charge in [-0.2, -0.15) is 0 Å². The maximum atomic E-state index is 12.4. The van der Waals surface area contributed by atoms with Crippen LogP contribution in [-0.2, 0) is 9.59 Å². The van der Waals surface area contributed by atoms with E-state index in [2.05, 4.69) is 5.32 Å². The van der Waals surface area contributed by atoms with Gasteiger partial charge >= 0.3 is 0 Å². The third kappa shape index (κ3) is 6.33. The van der Waals surface area contributed by atoms with Crippen LogP contribution in [0.4, 0.5) is 11.4 Å². The lowest BCUT2D eigenvalue weighted by atomic mass is 10.2. The Kier molecular flexibility index (Phi) is 7.23. The first kappa shape index (κ1) is 20.3. The normalized spacial score (nSPS) is 10.4. The molecule has 0 unspecified atom stereocenters. The van der Waals surface area contributed by atoms with E-state index in [1.807, 2.05) is 20.8 Å². The molecule has 0 aliphatic rings. The summed E-state index contributed by atoms with van der Waals surface area (Å²) in [5, 5.41) is 2.79. The van der Waals surface area contributed by atoms with E-state index < -0.39 is 0 Å². The Morgan fingerprint density at radius 1 is 1.00 bits per heavy atom. The zero-order valence-electron chi connectivity index (χ0n) is 16.2. The van der Waals surface area contributed by atoms with Gasteiger partial charge in [0.25, 0.3) is 0 Å². The first-order chi connectivity index (χ1) is 12.9. The van der Waals surface area contributed by atoms with Gasteiger partial charge in [0.2, 0.25) is 11.8 Å². The number of carbonyl (C=O) groups is 2. The Balaban J connectivity index is 2.02. The van der Waals surface area contributed by atoms with Gasteiger partial charge in [0.15, 0.2) is 0 Å². The predicted octanol–water partition coefficient (Wildman–Crippen LogP) is 3.86. The monoisotopic (exact) mass is 370 g/mol. The maximum absolute atomic E-state index is 12.4. The highest BCUT2D eigenvalue weighted by atomic mass is 16.5. The fraction of sp³-hybridized carbons (Fsp3) is 0.333. The van der Waals surface area contributed by atoms with Gasteiger partial charge in [0.1, 0.15) is 18.0 Å². The van der Waals surface area contributed by atoms with Gasteiger partial charge in [-0.1, -0.05) is 0 Å². The molecule has 2 aromatic carbocycles. The molecule has 0 aromatic heterocycles. The van der Waals surface area contributed by atoms with Crippen LogP contribution in [0.1, 0.15) is 27.7 Å². The summed E-state index contributed by atoms with van der Waals surface area (Å²) >= 11 is 0. The SMILES string of the molecule is CCOc1ccc(NC(=O)CN(C(C)=O)c2ccc(OC(C)C)cc2)cc1. The predicted molar refractivity (Wildman–Crippen MR) is 106 cm³/mol. The number of anilines is 2. The molecule has 0 bridgehead atoms. The molecule has 0 aliphatic heterocycles. The van der Waals surface area contributed by atoms with Crippen molar-refractivity contribution in [3.05, 3.63) is 48.5 Å². The summed E-state index contributed by atoms with van der Waals surface area (Å²) in [5.41, 5.74) is 1.29. The molecule has 2 rings (SSSR count). The van der Waals surface area contributed by atoms with Crippen LogP contribution in [0.3, 0.4) is 0 Å². The number of hydrogen-bond acceptors (Lipinski definition) is 4. The van der Waals surface area contributed by atoms with Crippen molar-refractivity contribution >= 4 is 23.2 Å². The fourth-order valence-electron chi connectivity index (χ4n) is 2.51. The number of benzene rings is 2. The molecule has 6 nitrogen and oxygen atoms in total. The van der Waals surface area contributed by atoms with Gasteiger partial charge < -0.3 is 19.7 Å². The average molecular weight is 370 g/mol. The van der Waals surface area contributed by atoms with Gasteiger partial charge in [-0.3, -0.25) is 9.59 Å².